The molecule has 3 aromatic carbocycles. The molecule has 5 rings (SSSR count). The number of para-hydroxylation sites is 2. The Labute approximate surface area is 189 Å². The zero-order chi connectivity index (χ0) is 20.7. The molecule has 2 aliphatic heterocycles. The molecule has 30 heavy (non-hydrogen) atoms. The second-order valence-corrected chi connectivity index (χ2v) is 9.50. The maximum atomic E-state index is 13.0. The van der Waals surface area contributed by atoms with Gasteiger partial charge in [-0.3, -0.25) is 0 Å². The first-order chi connectivity index (χ1) is 14.6. The second kappa shape index (κ2) is 7.69. The summed E-state index contributed by atoms with van der Waals surface area (Å²) >= 11 is 15.2. The summed E-state index contributed by atoms with van der Waals surface area (Å²) in [6, 6.07) is 27.0. The van der Waals surface area contributed by atoms with E-state index in [-0.39, 0.29) is 0 Å². The van der Waals surface area contributed by atoms with Crippen molar-refractivity contribution in [3.05, 3.63) is 96.1 Å². The molecule has 0 amide bonds. The highest BCUT2D eigenvalue weighted by Gasteiger charge is 2.54. The first kappa shape index (κ1) is 19.6. The second-order valence-electron chi connectivity index (χ2n) is 7.10. The van der Waals surface area contributed by atoms with E-state index in [9.17, 15) is 4.79 Å². The van der Waals surface area contributed by atoms with Crippen LogP contribution in [-0.2, 0) is 9.53 Å². The number of hydrogen-bond acceptors (Lipinski definition) is 4. The number of ether oxygens (including phenoxy) is 1. The number of esters is 1. The molecule has 1 unspecified atom stereocenters. The number of rotatable bonds is 3. The molecule has 0 N–H and O–H groups in total. The summed E-state index contributed by atoms with van der Waals surface area (Å²) in [5.41, 5.74) is 3.58. The molecule has 6 heteroatoms. The Balaban J connectivity index is 1.76. The van der Waals surface area contributed by atoms with Crippen LogP contribution in [0, 0.1) is 0 Å². The molecule has 0 saturated heterocycles. The van der Waals surface area contributed by atoms with Crippen LogP contribution in [0.1, 0.15) is 5.56 Å². The number of carbonyl (C=O) groups excluding carboxylic acids is 1. The maximum Gasteiger partial charge on any atom is 0.350 e. The Kier molecular flexibility index (Phi) is 5.02. The third-order valence-electron chi connectivity index (χ3n) is 5.27. The lowest BCUT2D eigenvalue weighted by atomic mass is 9.94. The van der Waals surface area contributed by atoms with Crippen molar-refractivity contribution >= 4 is 58.1 Å². The van der Waals surface area contributed by atoms with Crippen LogP contribution in [0.15, 0.2) is 95.4 Å². The number of thioether (sulfide) groups is 1. The number of halogens is 2. The lowest BCUT2D eigenvalue weighted by Crippen LogP contribution is -2.54. The summed E-state index contributed by atoms with van der Waals surface area (Å²) in [7, 11) is 0. The fourth-order valence-corrected chi connectivity index (χ4v) is 5.56. The molecular weight excluding hydrogens is 437 g/mol. The van der Waals surface area contributed by atoms with Gasteiger partial charge in [-0.2, -0.15) is 0 Å². The number of nitrogens with zero attached hydrogens (tertiary/aromatic N) is 1. The minimum absolute atomic E-state index is 0.563. The number of benzene rings is 3. The SMILES string of the molecule is O=C1OC2=C(CSc3ccccc32)C(N(c2ccccc2)c2ccccc2)C1(Cl)Cl. The number of hydrogen-bond donors (Lipinski definition) is 0. The molecule has 0 radical (unpaired) electrons. The Hall–Kier alpha value is -2.40. The van der Waals surface area contributed by atoms with Gasteiger partial charge in [0.2, 0.25) is 4.33 Å². The number of alkyl halides is 2. The molecule has 0 aromatic heterocycles. The monoisotopic (exact) mass is 453 g/mol. The average Bonchev–Trinajstić information content (AvgIpc) is 2.78. The Morgan fingerprint density at radius 1 is 0.867 bits per heavy atom. The summed E-state index contributed by atoms with van der Waals surface area (Å²) in [6.07, 6.45) is 0. The lowest BCUT2D eigenvalue weighted by molar-refractivity contribution is -0.138. The van der Waals surface area contributed by atoms with E-state index in [1.807, 2.05) is 89.8 Å². The third-order valence-corrected chi connectivity index (χ3v) is 7.12. The van der Waals surface area contributed by atoms with Crippen LogP contribution < -0.4 is 4.90 Å². The summed E-state index contributed by atoms with van der Waals surface area (Å²) in [6.45, 7) is 0. The van der Waals surface area contributed by atoms with Gasteiger partial charge in [-0.05, 0) is 30.3 Å². The fourth-order valence-electron chi connectivity index (χ4n) is 3.93. The highest BCUT2D eigenvalue weighted by atomic mass is 35.5. The van der Waals surface area contributed by atoms with Gasteiger partial charge >= 0.3 is 5.97 Å². The smallest absolute Gasteiger partial charge is 0.350 e. The normalized spacial score (nSPS) is 19.5. The van der Waals surface area contributed by atoms with E-state index in [4.69, 9.17) is 27.9 Å². The van der Waals surface area contributed by atoms with Crippen molar-refractivity contribution < 1.29 is 9.53 Å². The Bertz CT molecular complexity index is 1090. The molecule has 2 heterocycles. The van der Waals surface area contributed by atoms with Gasteiger partial charge < -0.3 is 9.64 Å². The summed E-state index contributed by atoms with van der Waals surface area (Å²) in [4.78, 5) is 16.1. The van der Waals surface area contributed by atoms with Crippen LogP contribution >= 0.6 is 35.0 Å². The minimum Gasteiger partial charge on any atom is -0.423 e. The van der Waals surface area contributed by atoms with Crippen molar-refractivity contribution in [3.8, 4) is 0 Å². The zero-order valence-electron chi connectivity index (χ0n) is 15.8. The van der Waals surface area contributed by atoms with E-state index < -0.39 is 16.3 Å². The van der Waals surface area contributed by atoms with Crippen molar-refractivity contribution in [2.75, 3.05) is 10.7 Å². The van der Waals surface area contributed by atoms with Gasteiger partial charge in [0.25, 0.3) is 0 Å². The molecule has 0 saturated carbocycles. The van der Waals surface area contributed by atoms with E-state index in [2.05, 4.69) is 0 Å². The molecule has 0 aliphatic carbocycles. The topological polar surface area (TPSA) is 29.5 Å². The molecule has 150 valence electrons. The zero-order valence-corrected chi connectivity index (χ0v) is 18.1. The van der Waals surface area contributed by atoms with E-state index in [1.165, 1.54) is 0 Å². The Morgan fingerprint density at radius 3 is 2.07 bits per heavy atom. The van der Waals surface area contributed by atoms with Crippen LogP contribution in [0.25, 0.3) is 5.76 Å². The van der Waals surface area contributed by atoms with Crippen molar-refractivity contribution in [2.45, 2.75) is 15.3 Å². The first-order valence-corrected chi connectivity index (χ1v) is 11.3. The largest absolute Gasteiger partial charge is 0.423 e. The van der Waals surface area contributed by atoms with Gasteiger partial charge in [0.05, 0.1) is 0 Å². The van der Waals surface area contributed by atoms with Crippen molar-refractivity contribution in [1.82, 2.24) is 0 Å². The van der Waals surface area contributed by atoms with Crippen molar-refractivity contribution in [1.29, 1.82) is 0 Å². The summed E-state index contributed by atoms with van der Waals surface area (Å²) in [5, 5.41) is 0. The van der Waals surface area contributed by atoms with Gasteiger partial charge in [-0.15, -0.1) is 11.8 Å². The minimum atomic E-state index is -1.77. The van der Waals surface area contributed by atoms with E-state index in [0.717, 1.165) is 27.4 Å². The molecular formula is C24H17Cl2NO2S. The van der Waals surface area contributed by atoms with Crippen molar-refractivity contribution in [2.24, 2.45) is 0 Å². The van der Waals surface area contributed by atoms with E-state index >= 15 is 0 Å². The van der Waals surface area contributed by atoms with Gasteiger partial charge in [-0.1, -0.05) is 77.8 Å². The highest BCUT2D eigenvalue weighted by molar-refractivity contribution is 7.99. The van der Waals surface area contributed by atoms with Crippen LogP contribution in [0.4, 0.5) is 11.4 Å². The van der Waals surface area contributed by atoms with Gasteiger partial charge in [0.1, 0.15) is 11.8 Å². The predicted octanol–water partition coefficient (Wildman–Crippen LogP) is 6.44. The quantitative estimate of drug-likeness (QED) is 0.337. The first-order valence-electron chi connectivity index (χ1n) is 9.52. The van der Waals surface area contributed by atoms with Crippen LogP contribution in [-0.4, -0.2) is 22.1 Å². The van der Waals surface area contributed by atoms with Gasteiger partial charge in [-0.25, -0.2) is 4.79 Å². The summed E-state index contributed by atoms with van der Waals surface area (Å²) < 4.78 is 3.95. The van der Waals surface area contributed by atoms with Crippen LogP contribution in [0.5, 0.6) is 0 Å². The predicted molar refractivity (Wildman–Crippen MR) is 123 cm³/mol. The summed E-state index contributed by atoms with van der Waals surface area (Å²) in [5.74, 6) is 0.531. The van der Waals surface area contributed by atoms with Gasteiger partial charge in [0.15, 0.2) is 0 Å². The standard InChI is InChI=1S/C24H17Cl2NO2S/c25-24(26)22(27(16-9-3-1-4-10-16)17-11-5-2-6-12-17)19-15-30-20-14-8-7-13-18(20)21(19)29-23(24)28/h1-14,22H,15H2. The number of fused-ring (bicyclic) bond motifs is 2. The van der Waals surface area contributed by atoms with Gasteiger partial charge in [0, 0.05) is 33.2 Å². The molecule has 2 aliphatic rings. The molecule has 1 atom stereocenters. The van der Waals surface area contributed by atoms with E-state index in [1.54, 1.807) is 11.8 Å². The number of anilines is 2. The maximum absolute atomic E-state index is 13.0. The highest BCUT2D eigenvalue weighted by Crippen LogP contribution is 2.50. The van der Waals surface area contributed by atoms with Crippen LogP contribution in [0.3, 0.4) is 0 Å². The number of carbonyl (C=O) groups is 1. The third kappa shape index (κ3) is 3.20. The average molecular weight is 454 g/mol. The molecule has 3 nitrogen and oxygen atoms in total. The molecule has 3 aromatic rings. The Morgan fingerprint density at radius 2 is 1.43 bits per heavy atom. The molecule has 0 fully saturated rings. The molecule has 0 bridgehead atoms. The molecule has 0 spiro atoms. The van der Waals surface area contributed by atoms with Crippen molar-refractivity contribution in [3.63, 3.8) is 0 Å². The van der Waals surface area contributed by atoms with Crippen LogP contribution in [0.2, 0.25) is 0 Å². The fraction of sp³-hybridized carbons (Fsp3) is 0.125. The van der Waals surface area contributed by atoms with E-state index in [0.29, 0.717) is 11.5 Å². The lowest BCUT2D eigenvalue weighted by Gasteiger charge is -2.44.